The molecule has 0 unspecified atom stereocenters. The predicted molar refractivity (Wildman–Crippen MR) is 431 cm³/mol. The van der Waals surface area contributed by atoms with Gasteiger partial charge in [-0.2, -0.15) is 0 Å². The first-order chi connectivity index (χ1) is 49.4. The van der Waals surface area contributed by atoms with Gasteiger partial charge in [-0.25, -0.2) is 9.97 Å². The third-order valence-corrected chi connectivity index (χ3v) is 25.7. The standard InChI is InChI=1S/C80H50Cl14N8O2.Zn/c1-77(2,35-21-13-9-14-22-35)39-29-31-43(41(33-39)79(5,6)37-25-17-11-18-26-37)103-67-59(87)51-49(57(85)65(67)93)73-98-71-46-45(53(81)61(89)62(90)54(46)82)69(96-71)95-70-47-48(56(84)64(92)63(91)55(47)83)72(97-70)99-75-52-50(74(101-75)102-76(51)100-73)58(86)66(94)68(60(52)88)104-44-32-30-40(78(3,4)36-23-15-10-16-24-36)34-42(44)80(7,8)38-27-19-12-20-28-38;/h9-34H,1-8H3;/q-2;+2. The second-order valence-corrected chi connectivity index (χ2v) is 32.4. The van der Waals surface area contributed by atoms with Crippen LogP contribution in [0.25, 0.3) is 89.7 Å². The molecule has 0 N–H and O–H groups in total. The van der Waals surface area contributed by atoms with Crippen molar-refractivity contribution in [3.63, 3.8) is 0 Å². The second kappa shape index (κ2) is 28.4. The third kappa shape index (κ3) is 12.5. The van der Waals surface area contributed by atoms with E-state index in [1.807, 2.05) is 97.1 Å². The molecular formula is C80H50Cl14N8O2Zn. The minimum absolute atomic E-state index is 0. The number of hydrogen-bond acceptors (Lipinski definition) is 8. The van der Waals surface area contributed by atoms with E-state index < -0.39 is 21.7 Å². The van der Waals surface area contributed by atoms with Gasteiger partial charge in [-0.15, -0.1) is 0 Å². The number of ether oxygens (including phenoxy) is 2. The Kier molecular flexibility index (Phi) is 20.4. The molecule has 2 aliphatic rings. The maximum atomic E-state index is 7.89. The molecule has 522 valence electrons. The molecule has 25 heteroatoms. The van der Waals surface area contributed by atoms with Gasteiger partial charge in [0.15, 0.2) is 11.5 Å². The molecule has 0 spiro atoms. The summed E-state index contributed by atoms with van der Waals surface area (Å²) >= 11 is 103. The van der Waals surface area contributed by atoms with Gasteiger partial charge in [0.25, 0.3) is 0 Å². The van der Waals surface area contributed by atoms with Crippen molar-refractivity contribution in [2.45, 2.75) is 77.0 Å². The van der Waals surface area contributed by atoms with Crippen LogP contribution >= 0.6 is 162 Å². The van der Waals surface area contributed by atoms with Crippen LogP contribution in [-0.2, 0) is 41.1 Å². The van der Waals surface area contributed by atoms with Gasteiger partial charge in [-0.05, 0) is 45.5 Å². The van der Waals surface area contributed by atoms with E-state index in [1.54, 1.807) is 0 Å². The van der Waals surface area contributed by atoms with Gasteiger partial charge in [0.2, 0.25) is 0 Å². The molecule has 0 saturated carbocycles. The molecule has 8 bridgehead atoms. The summed E-state index contributed by atoms with van der Waals surface area (Å²) < 4.78 is 14.3. The van der Waals surface area contributed by atoms with E-state index >= 15 is 0 Å². The molecular weight excluding hydrogens is 1670 g/mol. The Balaban J connectivity index is 0.00000928. The normalized spacial score (nSPS) is 12.4. The Morgan fingerprint density at radius 3 is 0.848 bits per heavy atom. The van der Waals surface area contributed by atoms with Crippen molar-refractivity contribution in [3.05, 3.63) is 273 Å². The second-order valence-electron chi connectivity index (χ2n) is 27.1. The van der Waals surface area contributed by atoms with Gasteiger partial charge in [0, 0.05) is 99.2 Å². The number of rotatable bonds is 12. The van der Waals surface area contributed by atoms with Gasteiger partial charge >= 0.3 is 19.5 Å². The molecule has 0 aliphatic carbocycles. The Morgan fingerprint density at radius 1 is 0.257 bits per heavy atom. The Labute approximate surface area is 686 Å². The van der Waals surface area contributed by atoms with Gasteiger partial charge in [-0.1, -0.05) is 363 Å². The maximum absolute atomic E-state index is 7.89. The van der Waals surface area contributed by atoms with E-state index in [-0.39, 0.29) is 191 Å². The van der Waals surface area contributed by atoms with Gasteiger partial charge in [0.1, 0.15) is 21.5 Å². The van der Waals surface area contributed by atoms with Crippen molar-refractivity contribution in [1.29, 1.82) is 0 Å². The van der Waals surface area contributed by atoms with E-state index in [0.717, 1.165) is 44.5 Å². The molecule has 0 amide bonds. The minimum atomic E-state index is -0.701. The molecule has 15 rings (SSSR count). The molecule has 105 heavy (non-hydrogen) atoms. The smallest absolute Gasteiger partial charge is 0.454 e. The van der Waals surface area contributed by atoms with E-state index in [0.29, 0.717) is 11.5 Å². The van der Waals surface area contributed by atoms with Crippen LogP contribution in [0.2, 0.25) is 70.3 Å². The van der Waals surface area contributed by atoms with Crippen LogP contribution < -0.4 is 19.4 Å². The zero-order valence-corrected chi connectivity index (χ0v) is 70.0. The fourth-order valence-electron chi connectivity index (χ4n) is 13.6. The molecule has 10 nitrogen and oxygen atoms in total. The van der Waals surface area contributed by atoms with Crippen LogP contribution in [0.1, 0.15) is 99.9 Å². The van der Waals surface area contributed by atoms with E-state index in [1.165, 1.54) is 0 Å². The van der Waals surface area contributed by atoms with Crippen LogP contribution in [0.4, 0.5) is 0 Å². The Hall–Kier alpha value is -6.16. The minimum Gasteiger partial charge on any atom is -0.454 e. The first-order valence-corrected chi connectivity index (χ1v) is 37.5. The summed E-state index contributed by atoms with van der Waals surface area (Å²) in [6, 6.07) is 52.8. The van der Waals surface area contributed by atoms with Gasteiger partial charge in [-0.3, -0.25) is 0 Å². The Bertz CT molecular complexity index is 6000. The SMILES string of the molecule is CC(C)(c1ccccc1)c1ccc(Oc2c(Cl)c(Cl)c3c(c2Cl)-c2nc-3nc3[n-]c(nc4nc(nc5[n-]c(n2)c2c(Cl)c(Cl)c(Cl)c(Cl)c52)-c2c(Cl)c(Cl)c(Cl)c(Cl)c2-4)c2c(Cl)c(Cl)c(Oc4ccc(C(C)(C)c5ccccc5)cc4C(C)(C)c4ccccc4)c(Cl)c32)c(C(C)(C)c2ccccc2)c1.[Zn+2]. The van der Waals surface area contributed by atoms with Crippen molar-refractivity contribution in [2.75, 3.05) is 0 Å². The number of fused-ring (bicyclic) bond motifs is 20. The van der Waals surface area contributed by atoms with Crippen LogP contribution in [-0.4, -0.2) is 29.9 Å². The van der Waals surface area contributed by atoms with E-state index in [4.69, 9.17) is 212 Å². The van der Waals surface area contributed by atoms with Gasteiger partial charge < -0.3 is 39.4 Å². The van der Waals surface area contributed by atoms with E-state index in [9.17, 15) is 0 Å². The first kappa shape index (κ1) is 75.6. The summed E-state index contributed by atoms with van der Waals surface area (Å²) in [6.45, 7) is 17.2. The summed E-state index contributed by atoms with van der Waals surface area (Å²) in [6.07, 6.45) is 0. The van der Waals surface area contributed by atoms with Crippen LogP contribution in [0.3, 0.4) is 0 Å². The molecule has 5 heterocycles. The molecule has 10 aromatic carbocycles. The topological polar surface area (TPSA) is 124 Å². The molecule has 13 aromatic rings. The third-order valence-electron chi connectivity index (χ3n) is 19.7. The molecule has 0 fully saturated rings. The summed E-state index contributed by atoms with van der Waals surface area (Å²) in [5.74, 6) is 0.113. The molecule has 3 aromatic heterocycles. The van der Waals surface area contributed by atoms with Crippen molar-refractivity contribution in [3.8, 4) is 68.5 Å². The fourth-order valence-corrected chi connectivity index (χ4v) is 17.3. The quantitative estimate of drug-likeness (QED) is 0.0663. The number of hydrogen-bond donors (Lipinski definition) is 0. The van der Waals surface area contributed by atoms with Crippen LogP contribution in [0, 0.1) is 0 Å². The molecule has 0 atom stereocenters. The van der Waals surface area contributed by atoms with Crippen molar-refractivity contribution < 1.29 is 29.0 Å². The summed E-state index contributed by atoms with van der Waals surface area (Å²) in [7, 11) is 0. The van der Waals surface area contributed by atoms with Gasteiger partial charge in [0.05, 0.1) is 83.6 Å². The number of aromatic nitrogens is 8. The zero-order chi connectivity index (χ0) is 73.7. The summed E-state index contributed by atoms with van der Waals surface area (Å²) in [5, 5.41) is -1.28. The number of benzene rings is 10. The molecule has 2 aliphatic heterocycles. The zero-order valence-electron chi connectivity index (χ0n) is 56.4. The number of nitrogens with zero attached hydrogens (tertiary/aromatic N) is 8. The summed E-state index contributed by atoms with van der Waals surface area (Å²) in [5.41, 5.74) is 5.21. The number of halogens is 14. The van der Waals surface area contributed by atoms with E-state index in [2.05, 4.69) is 116 Å². The van der Waals surface area contributed by atoms with Crippen molar-refractivity contribution in [1.82, 2.24) is 39.9 Å². The average molecular weight is 1720 g/mol. The van der Waals surface area contributed by atoms with Crippen molar-refractivity contribution in [2.24, 2.45) is 0 Å². The Morgan fingerprint density at radius 2 is 0.514 bits per heavy atom. The fraction of sp³-hybridized carbons (Fsp3) is 0.150. The first-order valence-electron chi connectivity index (χ1n) is 32.2. The summed E-state index contributed by atoms with van der Waals surface area (Å²) in [4.78, 5) is 40.7. The maximum Gasteiger partial charge on any atom is 2.00 e. The van der Waals surface area contributed by atoms with Crippen LogP contribution in [0.5, 0.6) is 23.0 Å². The predicted octanol–water partition coefficient (Wildman–Crippen LogP) is 28.2. The monoisotopic (exact) mass is 1710 g/mol. The molecule has 0 radical (unpaired) electrons. The molecule has 0 saturated heterocycles. The van der Waals surface area contributed by atoms with Crippen molar-refractivity contribution >= 4 is 207 Å². The average Bonchev–Trinajstić information content (AvgIpc) is 1.59. The largest absolute Gasteiger partial charge is 2.00 e. The van der Waals surface area contributed by atoms with Crippen LogP contribution in [0.15, 0.2) is 158 Å².